The second-order valence-electron chi connectivity index (χ2n) is 2.26. The van der Waals surface area contributed by atoms with Gasteiger partial charge in [-0.1, -0.05) is 0 Å². The zero-order chi connectivity index (χ0) is 9.07. The van der Waals surface area contributed by atoms with Crippen LogP contribution in [0.1, 0.15) is 6.92 Å². The number of aliphatic hydroxyl groups excluding tert-OH is 2. The first-order chi connectivity index (χ1) is 4.99. The van der Waals surface area contributed by atoms with Crippen molar-refractivity contribution >= 4 is 12.6 Å². The fraction of sp³-hybridized carbons (Fsp3) is 0.667. The number of carbonyl (C=O) groups excluding carboxylic acids is 2. The Bertz CT molecular complexity index is 155. The van der Waals surface area contributed by atoms with E-state index in [1.807, 2.05) is 0 Å². The van der Waals surface area contributed by atoms with Crippen LogP contribution in [0.2, 0.25) is 0 Å². The summed E-state index contributed by atoms with van der Waals surface area (Å²) in [5, 5.41) is 26.6. The van der Waals surface area contributed by atoms with Crippen molar-refractivity contribution in [3.05, 3.63) is 0 Å². The van der Waals surface area contributed by atoms with Gasteiger partial charge < -0.3 is 20.1 Å². The second kappa shape index (κ2) is 3.56. The van der Waals surface area contributed by atoms with Crippen molar-refractivity contribution in [2.24, 2.45) is 0 Å². The van der Waals surface area contributed by atoms with E-state index in [4.69, 9.17) is 15.3 Å². The average molecular weight is 162 g/mol. The molecule has 0 aromatic carbocycles. The first-order valence-electron chi connectivity index (χ1n) is 2.99. The highest BCUT2D eigenvalue weighted by molar-refractivity contribution is 5.73. The number of hydrogen-bond acceptors (Lipinski definition) is 5. The SMILES string of the molecule is CC(O)C(O)(C=O)C(O)C=O. The molecule has 0 rings (SSSR count). The molecule has 0 bridgehead atoms. The predicted molar refractivity (Wildman–Crippen MR) is 34.8 cm³/mol. The van der Waals surface area contributed by atoms with Gasteiger partial charge in [-0.05, 0) is 6.92 Å². The molecule has 5 nitrogen and oxygen atoms in total. The van der Waals surface area contributed by atoms with E-state index in [1.54, 1.807) is 0 Å². The fourth-order valence-corrected chi connectivity index (χ4v) is 0.524. The predicted octanol–water partition coefficient (Wildman–Crippen LogP) is -2.14. The third kappa shape index (κ3) is 1.83. The third-order valence-electron chi connectivity index (χ3n) is 1.46. The molecular formula is C6H10O5. The number of rotatable bonds is 4. The highest BCUT2D eigenvalue weighted by Gasteiger charge is 2.40. The van der Waals surface area contributed by atoms with Gasteiger partial charge in [-0.2, -0.15) is 0 Å². The summed E-state index contributed by atoms with van der Waals surface area (Å²) in [5.41, 5.74) is -2.39. The van der Waals surface area contributed by atoms with Crippen LogP contribution in [0.4, 0.5) is 0 Å². The molecule has 0 saturated carbocycles. The maximum Gasteiger partial charge on any atom is 0.178 e. The molecule has 0 heterocycles. The largest absolute Gasteiger partial charge is 0.390 e. The quantitative estimate of drug-likeness (QED) is 0.410. The summed E-state index contributed by atoms with van der Waals surface area (Å²) in [6.45, 7) is 1.10. The summed E-state index contributed by atoms with van der Waals surface area (Å²) in [7, 11) is 0. The summed E-state index contributed by atoms with van der Waals surface area (Å²) in [6.07, 6.45) is -3.45. The van der Waals surface area contributed by atoms with Crippen LogP contribution in [0.15, 0.2) is 0 Å². The van der Waals surface area contributed by atoms with Gasteiger partial charge in [-0.15, -0.1) is 0 Å². The maximum atomic E-state index is 10.1. The molecule has 3 unspecified atom stereocenters. The van der Waals surface area contributed by atoms with Crippen molar-refractivity contribution in [1.82, 2.24) is 0 Å². The van der Waals surface area contributed by atoms with Crippen molar-refractivity contribution in [3.8, 4) is 0 Å². The number of hydrogen-bond donors (Lipinski definition) is 3. The van der Waals surface area contributed by atoms with Crippen LogP contribution in [-0.2, 0) is 9.59 Å². The standard InChI is InChI=1S/C6H10O5/c1-4(9)6(11,3-8)5(10)2-7/h2-5,9-11H,1H3. The Labute approximate surface area is 63.3 Å². The molecule has 0 saturated heterocycles. The van der Waals surface area contributed by atoms with E-state index in [9.17, 15) is 9.59 Å². The Morgan fingerprint density at radius 3 is 1.91 bits per heavy atom. The molecule has 3 atom stereocenters. The molecular weight excluding hydrogens is 152 g/mol. The van der Waals surface area contributed by atoms with Crippen molar-refractivity contribution in [2.75, 3.05) is 0 Å². The second-order valence-corrected chi connectivity index (χ2v) is 2.26. The van der Waals surface area contributed by atoms with Crippen LogP contribution < -0.4 is 0 Å². The summed E-state index contributed by atoms with van der Waals surface area (Å²) in [6, 6.07) is 0. The maximum absolute atomic E-state index is 10.1. The minimum Gasteiger partial charge on any atom is -0.390 e. The zero-order valence-corrected chi connectivity index (χ0v) is 5.97. The number of aldehydes is 2. The van der Waals surface area contributed by atoms with Crippen molar-refractivity contribution in [3.63, 3.8) is 0 Å². The molecule has 0 aromatic heterocycles. The molecule has 0 fully saturated rings. The molecule has 0 spiro atoms. The summed E-state index contributed by atoms with van der Waals surface area (Å²) in [5.74, 6) is 0. The molecule has 11 heavy (non-hydrogen) atoms. The Balaban J connectivity index is 4.57. The Morgan fingerprint density at radius 2 is 1.82 bits per heavy atom. The molecule has 5 heteroatoms. The number of carbonyl (C=O) groups is 2. The van der Waals surface area contributed by atoms with E-state index in [0.29, 0.717) is 0 Å². The summed E-state index contributed by atoms with van der Waals surface area (Å²) in [4.78, 5) is 20.1. The van der Waals surface area contributed by atoms with E-state index in [1.165, 1.54) is 0 Å². The Kier molecular flexibility index (Phi) is 3.31. The third-order valence-corrected chi connectivity index (χ3v) is 1.46. The normalized spacial score (nSPS) is 21.5. The van der Waals surface area contributed by atoms with Gasteiger partial charge >= 0.3 is 0 Å². The topological polar surface area (TPSA) is 94.8 Å². The average Bonchev–Trinajstić information content (AvgIpc) is 2.01. The van der Waals surface area contributed by atoms with Crippen LogP contribution in [0.5, 0.6) is 0 Å². The van der Waals surface area contributed by atoms with Gasteiger partial charge in [0, 0.05) is 0 Å². The van der Waals surface area contributed by atoms with Gasteiger partial charge in [0.2, 0.25) is 0 Å². The van der Waals surface area contributed by atoms with Crippen molar-refractivity contribution < 1.29 is 24.9 Å². The summed E-state index contributed by atoms with van der Waals surface area (Å²) < 4.78 is 0. The van der Waals surface area contributed by atoms with E-state index in [-0.39, 0.29) is 12.6 Å². The fourth-order valence-electron chi connectivity index (χ4n) is 0.524. The molecule has 0 amide bonds. The van der Waals surface area contributed by atoms with E-state index >= 15 is 0 Å². The number of aliphatic hydroxyl groups is 3. The lowest BCUT2D eigenvalue weighted by Gasteiger charge is -2.26. The van der Waals surface area contributed by atoms with E-state index < -0.39 is 17.8 Å². The van der Waals surface area contributed by atoms with Crippen LogP contribution in [0.25, 0.3) is 0 Å². The minimum absolute atomic E-state index is 0.0128. The Hall–Kier alpha value is -0.780. The molecule has 0 radical (unpaired) electrons. The Morgan fingerprint density at radius 1 is 1.36 bits per heavy atom. The van der Waals surface area contributed by atoms with Gasteiger partial charge in [0.15, 0.2) is 18.2 Å². The molecule has 64 valence electrons. The van der Waals surface area contributed by atoms with Gasteiger partial charge in [0.25, 0.3) is 0 Å². The molecule has 0 aliphatic rings. The first kappa shape index (κ1) is 10.2. The van der Waals surface area contributed by atoms with Gasteiger partial charge in [-0.3, -0.25) is 4.79 Å². The van der Waals surface area contributed by atoms with Gasteiger partial charge in [-0.25, -0.2) is 0 Å². The van der Waals surface area contributed by atoms with Crippen LogP contribution in [0.3, 0.4) is 0 Å². The van der Waals surface area contributed by atoms with Crippen molar-refractivity contribution in [1.29, 1.82) is 0 Å². The molecule has 0 aromatic rings. The first-order valence-corrected chi connectivity index (χ1v) is 2.99. The lowest BCUT2D eigenvalue weighted by atomic mass is 9.94. The lowest BCUT2D eigenvalue weighted by Crippen LogP contribution is -2.53. The minimum atomic E-state index is -2.39. The highest BCUT2D eigenvalue weighted by atomic mass is 16.4. The molecule has 0 aliphatic carbocycles. The lowest BCUT2D eigenvalue weighted by molar-refractivity contribution is -0.160. The molecule has 0 aliphatic heterocycles. The molecule has 3 N–H and O–H groups in total. The van der Waals surface area contributed by atoms with E-state index in [2.05, 4.69) is 0 Å². The van der Waals surface area contributed by atoms with Crippen LogP contribution in [-0.4, -0.2) is 45.7 Å². The van der Waals surface area contributed by atoms with Crippen molar-refractivity contribution in [2.45, 2.75) is 24.7 Å². The van der Waals surface area contributed by atoms with E-state index in [0.717, 1.165) is 6.92 Å². The highest BCUT2D eigenvalue weighted by Crippen LogP contribution is 2.11. The smallest absolute Gasteiger partial charge is 0.178 e. The zero-order valence-electron chi connectivity index (χ0n) is 5.97. The monoisotopic (exact) mass is 162 g/mol. The van der Waals surface area contributed by atoms with Crippen LogP contribution in [0, 0.1) is 0 Å². The van der Waals surface area contributed by atoms with Crippen LogP contribution >= 0.6 is 0 Å². The van der Waals surface area contributed by atoms with Gasteiger partial charge in [0.05, 0.1) is 6.10 Å². The summed E-state index contributed by atoms with van der Waals surface area (Å²) >= 11 is 0. The van der Waals surface area contributed by atoms with Gasteiger partial charge in [0.1, 0.15) is 6.10 Å².